The van der Waals surface area contributed by atoms with Crippen molar-refractivity contribution in [1.82, 2.24) is 14.9 Å². The molecule has 0 saturated carbocycles. The Morgan fingerprint density at radius 1 is 1.14 bits per heavy atom. The highest BCUT2D eigenvalue weighted by Gasteiger charge is 2.22. The summed E-state index contributed by atoms with van der Waals surface area (Å²) in [7, 11) is 0. The number of thioether (sulfide) groups is 1. The van der Waals surface area contributed by atoms with Gasteiger partial charge in [-0.15, -0.1) is 10.2 Å². The van der Waals surface area contributed by atoms with Gasteiger partial charge in [0.25, 0.3) is 0 Å². The van der Waals surface area contributed by atoms with E-state index < -0.39 is 34.3 Å². The fraction of sp³-hybridized carbons (Fsp3) is 0.118. The van der Waals surface area contributed by atoms with Crippen LogP contribution in [-0.2, 0) is 4.79 Å². The second-order valence-electron chi connectivity index (χ2n) is 5.66. The maximum Gasteiger partial charge on any atom is 0.237 e. The number of halogens is 4. The Balaban J connectivity index is 1.73. The third-order valence-corrected chi connectivity index (χ3v) is 5.02. The lowest BCUT2D eigenvalue weighted by atomic mass is 10.2. The Morgan fingerprint density at radius 2 is 1.82 bits per heavy atom. The second-order valence-corrected chi connectivity index (χ2v) is 7.40. The minimum atomic E-state index is -1.66. The standard InChI is InChI=1S/C17H13ClF3N5OS/c1-8(16(27)23-12-7-6-11(19)13(20)14(12)21)28-17-25-24-15(26(17)22)9-2-4-10(18)5-3-9/h2-8H,22H2,1H3,(H,23,27). The van der Waals surface area contributed by atoms with Crippen molar-refractivity contribution in [2.75, 3.05) is 11.2 Å². The molecule has 11 heteroatoms. The molecule has 2 aromatic carbocycles. The van der Waals surface area contributed by atoms with E-state index in [9.17, 15) is 18.0 Å². The zero-order valence-electron chi connectivity index (χ0n) is 14.3. The molecule has 0 radical (unpaired) electrons. The lowest BCUT2D eigenvalue weighted by molar-refractivity contribution is -0.115. The summed E-state index contributed by atoms with van der Waals surface area (Å²) in [5, 5.41) is 10.1. The third-order valence-electron chi connectivity index (χ3n) is 3.71. The molecule has 0 aliphatic carbocycles. The molecular weight excluding hydrogens is 415 g/mol. The van der Waals surface area contributed by atoms with Crippen LogP contribution in [0.2, 0.25) is 5.02 Å². The molecule has 1 aromatic heterocycles. The van der Waals surface area contributed by atoms with E-state index in [4.69, 9.17) is 17.4 Å². The molecule has 1 unspecified atom stereocenters. The molecule has 28 heavy (non-hydrogen) atoms. The Kier molecular flexibility index (Phi) is 5.80. The van der Waals surface area contributed by atoms with Crippen molar-refractivity contribution in [2.45, 2.75) is 17.3 Å². The van der Waals surface area contributed by atoms with E-state index in [1.807, 2.05) is 0 Å². The molecule has 0 spiro atoms. The van der Waals surface area contributed by atoms with Crippen molar-refractivity contribution < 1.29 is 18.0 Å². The fourth-order valence-electron chi connectivity index (χ4n) is 2.22. The van der Waals surface area contributed by atoms with Crippen LogP contribution in [-0.4, -0.2) is 26.0 Å². The summed E-state index contributed by atoms with van der Waals surface area (Å²) in [5.74, 6) is 1.22. The van der Waals surface area contributed by atoms with Crippen LogP contribution in [0.5, 0.6) is 0 Å². The second kappa shape index (κ2) is 8.11. The van der Waals surface area contributed by atoms with E-state index in [0.717, 1.165) is 23.9 Å². The van der Waals surface area contributed by atoms with Crippen molar-refractivity contribution in [2.24, 2.45) is 0 Å². The molecule has 6 nitrogen and oxygen atoms in total. The average Bonchev–Trinajstić information content (AvgIpc) is 3.03. The van der Waals surface area contributed by atoms with Crippen LogP contribution in [0, 0.1) is 17.5 Å². The van der Waals surface area contributed by atoms with Crippen molar-refractivity contribution in [3.63, 3.8) is 0 Å². The van der Waals surface area contributed by atoms with Crippen LogP contribution in [0.15, 0.2) is 41.6 Å². The zero-order chi connectivity index (χ0) is 20.4. The summed E-state index contributed by atoms with van der Waals surface area (Å²) >= 11 is 6.82. The van der Waals surface area contributed by atoms with E-state index in [1.165, 1.54) is 11.6 Å². The number of carbonyl (C=O) groups is 1. The van der Waals surface area contributed by atoms with Crippen LogP contribution in [0.3, 0.4) is 0 Å². The summed E-state index contributed by atoms with van der Waals surface area (Å²) in [5.41, 5.74) is 0.208. The Hall–Kier alpha value is -2.72. The Bertz CT molecular complexity index is 1030. The zero-order valence-corrected chi connectivity index (χ0v) is 15.9. The first-order valence-electron chi connectivity index (χ1n) is 7.85. The third kappa shape index (κ3) is 4.07. The van der Waals surface area contributed by atoms with Gasteiger partial charge in [0.05, 0.1) is 10.9 Å². The van der Waals surface area contributed by atoms with Gasteiger partial charge in [-0.2, -0.15) is 0 Å². The minimum Gasteiger partial charge on any atom is -0.335 e. The summed E-state index contributed by atoms with van der Waals surface area (Å²) in [4.78, 5) is 12.3. The smallest absolute Gasteiger partial charge is 0.237 e. The predicted molar refractivity (Wildman–Crippen MR) is 101 cm³/mol. The summed E-state index contributed by atoms with van der Waals surface area (Å²) in [6.45, 7) is 1.52. The molecule has 0 saturated heterocycles. The minimum absolute atomic E-state index is 0.235. The van der Waals surface area contributed by atoms with Crippen LogP contribution in [0.25, 0.3) is 11.4 Å². The lowest BCUT2D eigenvalue weighted by Crippen LogP contribution is -2.24. The van der Waals surface area contributed by atoms with Gasteiger partial charge in [0.15, 0.2) is 23.3 Å². The van der Waals surface area contributed by atoms with E-state index in [2.05, 4.69) is 15.5 Å². The van der Waals surface area contributed by atoms with Crippen molar-refractivity contribution in [3.8, 4) is 11.4 Å². The van der Waals surface area contributed by atoms with Gasteiger partial charge in [0, 0.05) is 10.6 Å². The number of rotatable bonds is 5. The monoisotopic (exact) mass is 427 g/mol. The van der Waals surface area contributed by atoms with Crippen molar-refractivity contribution in [1.29, 1.82) is 0 Å². The van der Waals surface area contributed by atoms with Gasteiger partial charge in [-0.05, 0) is 43.3 Å². The number of nitrogens with two attached hydrogens (primary N) is 1. The Labute approximate surface area is 166 Å². The van der Waals surface area contributed by atoms with Crippen LogP contribution in [0.1, 0.15) is 6.92 Å². The summed E-state index contributed by atoms with van der Waals surface area (Å²) in [6.07, 6.45) is 0. The lowest BCUT2D eigenvalue weighted by Gasteiger charge is -2.12. The molecule has 3 N–H and O–H groups in total. The van der Waals surface area contributed by atoms with Gasteiger partial charge >= 0.3 is 0 Å². The molecule has 0 aliphatic rings. The average molecular weight is 428 g/mol. The number of anilines is 1. The molecule has 1 heterocycles. The van der Waals surface area contributed by atoms with Gasteiger partial charge < -0.3 is 11.2 Å². The summed E-state index contributed by atoms with van der Waals surface area (Å²) < 4.78 is 41.2. The number of amides is 1. The number of hydrogen-bond acceptors (Lipinski definition) is 5. The first kappa shape index (κ1) is 20.0. The molecule has 0 fully saturated rings. The number of nitrogen functional groups attached to an aromatic ring is 1. The number of carbonyl (C=O) groups excluding carboxylic acids is 1. The number of aromatic nitrogens is 3. The maximum atomic E-state index is 13.7. The number of nitrogens with one attached hydrogen (secondary N) is 1. The number of nitrogens with zero attached hydrogens (tertiary/aromatic N) is 3. The predicted octanol–water partition coefficient (Wildman–Crippen LogP) is 3.85. The first-order chi connectivity index (χ1) is 13.3. The fourth-order valence-corrected chi connectivity index (χ4v) is 3.12. The first-order valence-corrected chi connectivity index (χ1v) is 9.11. The molecule has 0 bridgehead atoms. The van der Waals surface area contributed by atoms with Crippen molar-refractivity contribution >= 4 is 35.0 Å². The maximum absolute atomic E-state index is 13.7. The van der Waals surface area contributed by atoms with Crippen LogP contribution < -0.4 is 11.2 Å². The van der Waals surface area contributed by atoms with Gasteiger partial charge in [-0.25, -0.2) is 17.8 Å². The molecule has 1 amide bonds. The normalized spacial score (nSPS) is 12.0. The van der Waals surface area contributed by atoms with E-state index in [-0.39, 0.29) is 5.16 Å². The van der Waals surface area contributed by atoms with Crippen LogP contribution >= 0.6 is 23.4 Å². The van der Waals surface area contributed by atoms with E-state index in [0.29, 0.717) is 16.4 Å². The molecule has 3 rings (SSSR count). The van der Waals surface area contributed by atoms with Gasteiger partial charge in [0.2, 0.25) is 11.1 Å². The molecular formula is C17H13ClF3N5OS. The van der Waals surface area contributed by atoms with Gasteiger partial charge in [0.1, 0.15) is 0 Å². The molecule has 1 atom stereocenters. The van der Waals surface area contributed by atoms with Crippen molar-refractivity contribution in [3.05, 3.63) is 58.9 Å². The van der Waals surface area contributed by atoms with Gasteiger partial charge in [-0.3, -0.25) is 4.79 Å². The number of benzene rings is 2. The topological polar surface area (TPSA) is 85.8 Å². The number of hydrogen-bond donors (Lipinski definition) is 2. The molecule has 3 aromatic rings. The quantitative estimate of drug-likeness (QED) is 0.367. The van der Waals surface area contributed by atoms with Gasteiger partial charge in [-0.1, -0.05) is 23.4 Å². The largest absolute Gasteiger partial charge is 0.335 e. The highest BCUT2D eigenvalue weighted by Crippen LogP contribution is 2.27. The van der Waals surface area contributed by atoms with Crippen LogP contribution in [0.4, 0.5) is 18.9 Å². The van der Waals surface area contributed by atoms with E-state index in [1.54, 1.807) is 24.3 Å². The highest BCUT2D eigenvalue weighted by atomic mass is 35.5. The SMILES string of the molecule is CC(Sc1nnc(-c2ccc(Cl)cc2)n1N)C(=O)Nc1ccc(F)c(F)c1F. The molecule has 0 aliphatic heterocycles. The van der Waals surface area contributed by atoms with E-state index >= 15 is 0 Å². The Morgan fingerprint density at radius 3 is 2.50 bits per heavy atom. The summed E-state index contributed by atoms with van der Waals surface area (Å²) in [6, 6.07) is 8.43. The molecule has 146 valence electrons. The highest BCUT2D eigenvalue weighted by molar-refractivity contribution is 8.00.